The number of aliphatic carboxylic acids is 1. The minimum Gasteiger partial charge on any atom is -0.504 e. The topological polar surface area (TPSA) is 107 Å². The molecule has 6 rings (SSSR count). The molecule has 4 N–H and O–H groups in total. The van der Waals surface area contributed by atoms with E-state index < -0.39 is 28.7 Å². The Hall–Kier alpha value is -1.83. The number of aliphatic hydroxyl groups is 2. The van der Waals surface area contributed by atoms with Crippen molar-refractivity contribution in [2.45, 2.75) is 60.9 Å². The molecule has 0 amide bonds. The maximum atomic E-state index is 12.2. The van der Waals surface area contributed by atoms with Gasteiger partial charge in [0.25, 0.3) is 0 Å². The van der Waals surface area contributed by atoms with Gasteiger partial charge in [0.15, 0.2) is 17.6 Å². The highest BCUT2D eigenvalue weighted by atomic mass is 16.5. The lowest BCUT2D eigenvalue weighted by atomic mass is 9.55. The van der Waals surface area contributed by atoms with Crippen LogP contribution in [0.3, 0.4) is 0 Å². The van der Waals surface area contributed by atoms with E-state index in [0.717, 1.165) is 24.2 Å². The molecule has 0 radical (unpaired) electrons. The van der Waals surface area contributed by atoms with E-state index in [9.17, 15) is 25.2 Å². The SMILES string of the molecule is C[N+]1(CC2CC2)CCC23c4c5ccc(O)c4OC2C(O)(C(=O)O)CC3(O)C1C5. The number of benzene rings is 1. The number of likely N-dealkylation sites (tertiary alicyclic amines) is 1. The molecular weight excluding hydrogens is 362 g/mol. The summed E-state index contributed by atoms with van der Waals surface area (Å²) < 4.78 is 6.68. The van der Waals surface area contributed by atoms with Crippen LogP contribution in [0.4, 0.5) is 0 Å². The lowest BCUT2D eigenvalue weighted by Crippen LogP contribution is -2.76. The highest BCUT2D eigenvalue weighted by Gasteiger charge is 2.84. The van der Waals surface area contributed by atoms with Gasteiger partial charge in [-0.3, -0.25) is 0 Å². The van der Waals surface area contributed by atoms with Crippen molar-refractivity contribution in [2.24, 2.45) is 5.92 Å². The van der Waals surface area contributed by atoms with Crippen LogP contribution in [0.1, 0.15) is 36.8 Å². The highest BCUT2D eigenvalue weighted by molar-refractivity contribution is 5.82. The Morgan fingerprint density at radius 3 is 2.75 bits per heavy atom. The normalized spacial score (nSPS) is 47.5. The maximum absolute atomic E-state index is 12.2. The molecule has 1 spiro atoms. The number of carbonyl (C=O) groups is 1. The molecule has 3 aliphatic carbocycles. The Bertz CT molecular complexity index is 930. The van der Waals surface area contributed by atoms with Crippen LogP contribution in [0.25, 0.3) is 0 Å². The van der Waals surface area contributed by atoms with Crippen molar-refractivity contribution in [3.8, 4) is 11.5 Å². The minimum absolute atomic E-state index is 0.0585. The van der Waals surface area contributed by atoms with E-state index in [0.29, 0.717) is 23.2 Å². The summed E-state index contributed by atoms with van der Waals surface area (Å²) >= 11 is 0. The highest BCUT2D eigenvalue weighted by Crippen LogP contribution is 2.70. The van der Waals surface area contributed by atoms with Crippen LogP contribution in [0.5, 0.6) is 11.5 Å². The number of nitrogens with zero attached hydrogens (tertiary/aromatic N) is 1. The Kier molecular flexibility index (Phi) is 2.84. The fraction of sp³-hybridized carbons (Fsp3) is 0.667. The summed E-state index contributed by atoms with van der Waals surface area (Å²) in [6.45, 7) is 1.77. The van der Waals surface area contributed by atoms with E-state index in [4.69, 9.17) is 4.74 Å². The third kappa shape index (κ3) is 1.63. The summed E-state index contributed by atoms with van der Waals surface area (Å²) in [5.41, 5.74) is -2.84. The number of rotatable bonds is 3. The third-order valence-electron chi connectivity index (χ3n) is 8.57. The third-order valence-corrected chi connectivity index (χ3v) is 8.57. The van der Waals surface area contributed by atoms with Crippen molar-refractivity contribution in [2.75, 3.05) is 20.1 Å². The minimum atomic E-state index is -2.19. The summed E-state index contributed by atoms with van der Waals surface area (Å²) in [6, 6.07) is 3.25. The summed E-state index contributed by atoms with van der Waals surface area (Å²) in [7, 11) is 2.17. The van der Waals surface area contributed by atoms with Gasteiger partial charge in [0.05, 0.1) is 25.6 Å². The standard InChI is InChI=1S/C21H25NO6/c1-22(9-11-2-3-11)7-6-19-15-12-4-5-13(23)16(15)28-17(19)20(26,18(24)25)10-21(19,27)14(22)8-12/h4-5,11,14,17,26-27H,2-3,6-10H2,1H3,(H-,23,24,25)/p+1. The van der Waals surface area contributed by atoms with Gasteiger partial charge < -0.3 is 29.6 Å². The van der Waals surface area contributed by atoms with Gasteiger partial charge in [0.2, 0.25) is 5.60 Å². The number of piperidine rings is 1. The van der Waals surface area contributed by atoms with Crippen LogP contribution in [0.2, 0.25) is 0 Å². The summed E-state index contributed by atoms with van der Waals surface area (Å²) in [5, 5.41) is 43.7. The molecule has 28 heavy (non-hydrogen) atoms. The van der Waals surface area contributed by atoms with Crippen molar-refractivity contribution in [1.82, 2.24) is 0 Å². The molecule has 7 nitrogen and oxygen atoms in total. The Morgan fingerprint density at radius 2 is 2.07 bits per heavy atom. The van der Waals surface area contributed by atoms with Crippen molar-refractivity contribution in [1.29, 1.82) is 0 Å². The molecule has 2 aliphatic heterocycles. The molecule has 6 atom stereocenters. The monoisotopic (exact) mass is 388 g/mol. The molecule has 1 saturated heterocycles. The molecule has 150 valence electrons. The van der Waals surface area contributed by atoms with Gasteiger partial charge in [-0.15, -0.1) is 0 Å². The molecule has 1 aromatic carbocycles. The number of quaternary nitrogens is 1. The van der Waals surface area contributed by atoms with Crippen LogP contribution in [0, 0.1) is 5.92 Å². The Morgan fingerprint density at radius 1 is 1.32 bits per heavy atom. The number of hydrogen-bond donors (Lipinski definition) is 4. The zero-order valence-corrected chi connectivity index (χ0v) is 15.9. The molecule has 2 bridgehead atoms. The van der Waals surface area contributed by atoms with E-state index in [-0.39, 0.29) is 24.0 Å². The van der Waals surface area contributed by atoms with E-state index in [1.165, 1.54) is 12.8 Å². The van der Waals surface area contributed by atoms with E-state index in [2.05, 4.69) is 7.05 Å². The Labute approximate surface area is 162 Å². The average molecular weight is 388 g/mol. The number of ether oxygens (including phenoxy) is 1. The molecule has 2 saturated carbocycles. The zero-order valence-electron chi connectivity index (χ0n) is 15.9. The van der Waals surface area contributed by atoms with Gasteiger partial charge in [-0.25, -0.2) is 4.79 Å². The second kappa shape index (κ2) is 4.66. The Balaban J connectivity index is 1.62. The van der Waals surface area contributed by atoms with Gasteiger partial charge in [0, 0.05) is 30.7 Å². The van der Waals surface area contributed by atoms with Gasteiger partial charge in [-0.1, -0.05) is 6.07 Å². The number of hydrogen-bond acceptors (Lipinski definition) is 5. The van der Waals surface area contributed by atoms with Crippen molar-refractivity contribution >= 4 is 5.97 Å². The predicted molar refractivity (Wildman–Crippen MR) is 97.1 cm³/mol. The molecule has 5 aliphatic rings. The first-order valence-corrected chi connectivity index (χ1v) is 10.2. The molecule has 7 heteroatoms. The van der Waals surface area contributed by atoms with Gasteiger partial charge in [0.1, 0.15) is 11.6 Å². The average Bonchev–Trinajstić information content (AvgIpc) is 3.29. The molecule has 0 aromatic heterocycles. The van der Waals surface area contributed by atoms with Crippen LogP contribution < -0.4 is 4.74 Å². The van der Waals surface area contributed by atoms with Crippen molar-refractivity contribution in [3.63, 3.8) is 0 Å². The first-order valence-electron chi connectivity index (χ1n) is 10.2. The first kappa shape index (κ1) is 17.1. The number of likely N-dealkylation sites (N-methyl/N-ethyl adjacent to an activating group) is 1. The molecule has 1 aromatic rings. The van der Waals surface area contributed by atoms with Crippen molar-refractivity contribution in [3.05, 3.63) is 23.3 Å². The number of carboxylic acids is 1. The molecule has 6 unspecified atom stereocenters. The smallest absolute Gasteiger partial charge is 0.339 e. The number of carboxylic acid groups (broad SMARTS) is 1. The number of aromatic hydroxyl groups is 1. The number of phenolic OH excluding ortho intramolecular Hbond substituents is 1. The van der Waals surface area contributed by atoms with Crippen LogP contribution in [-0.2, 0) is 16.6 Å². The summed E-state index contributed by atoms with van der Waals surface area (Å²) in [6.07, 6.45) is 2.22. The second-order valence-electron chi connectivity index (χ2n) is 10.0. The van der Waals surface area contributed by atoms with Crippen LogP contribution in [-0.4, -0.2) is 74.4 Å². The molecular formula is C21H26NO6+. The van der Waals surface area contributed by atoms with Crippen LogP contribution in [0.15, 0.2) is 12.1 Å². The fourth-order valence-electron chi connectivity index (χ4n) is 7.24. The first-order chi connectivity index (χ1) is 13.2. The molecule has 2 heterocycles. The zero-order chi connectivity index (χ0) is 19.7. The van der Waals surface area contributed by atoms with Crippen LogP contribution >= 0.6 is 0 Å². The van der Waals surface area contributed by atoms with E-state index in [1.807, 2.05) is 6.07 Å². The molecule has 3 fully saturated rings. The van der Waals surface area contributed by atoms with Gasteiger partial charge in [-0.2, -0.15) is 0 Å². The lowest BCUT2D eigenvalue weighted by molar-refractivity contribution is -0.950. The summed E-state index contributed by atoms with van der Waals surface area (Å²) in [4.78, 5) is 12.1. The maximum Gasteiger partial charge on any atom is 0.339 e. The second-order valence-corrected chi connectivity index (χ2v) is 10.0. The summed E-state index contributed by atoms with van der Waals surface area (Å²) in [5.74, 6) is -0.519. The van der Waals surface area contributed by atoms with Gasteiger partial charge in [-0.05, 0) is 24.5 Å². The van der Waals surface area contributed by atoms with E-state index >= 15 is 0 Å². The fourth-order valence-corrected chi connectivity index (χ4v) is 7.24. The number of phenols is 1. The largest absolute Gasteiger partial charge is 0.504 e. The van der Waals surface area contributed by atoms with Gasteiger partial charge >= 0.3 is 5.97 Å². The van der Waals surface area contributed by atoms with Crippen molar-refractivity contribution < 1.29 is 34.4 Å². The lowest BCUT2D eigenvalue weighted by Gasteiger charge is -2.60. The predicted octanol–water partition coefficient (Wildman–Crippen LogP) is 0.526. The van der Waals surface area contributed by atoms with E-state index in [1.54, 1.807) is 6.07 Å². The quantitative estimate of drug-likeness (QED) is 0.563.